The fourth-order valence-electron chi connectivity index (χ4n) is 3.43. The summed E-state index contributed by atoms with van der Waals surface area (Å²) in [5, 5.41) is 5.97. The van der Waals surface area contributed by atoms with Crippen molar-refractivity contribution in [2.75, 3.05) is 26.1 Å². The summed E-state index contributed by atoms with van der Waals surface area (Å²) < 4.78 is 39.0. The van der Waals surface area contributed by atoms with Crippen LogP contribution in [0.15, 0.2) is 51.8 Å². The van der Waals surface area contributed by atoms with Gasteiger partial charge in [0, 0.05) is 19.4 Å². The highest BCUT2D eigenvalue weighted by Gasteiger charge is 2.25. The van der Waals surface area contributed by atoms with Crippen molar-refractivity contribution in [3.05, 3.63) is 48.0 Å². The average molecular weight is 446 g/mol. The summed E-state index contributed by atoms with van der Waals surface area (Å²) in [5.41, 5.74) is 1.54. The molecule has 0 spiro atoms. The number of para-hydroxylation sites is 1. The van der Waals surface area contributed by atoms with E-state index in [0.717, 1.165) is 5.56 Å². The van der Waals surface area contributed by atoms with Gasteiger partial charge in [-0.2, -0.15) is 8.42 Å². The Morgan fingerprint density at radius 2 is 1.87 bits per heavy atom. The van der Waals surface area contributed by atoms with E-state index in [1.165, 1.54) is 6.07 Å². The number of nitrogens with one attached hydrogen (secondary N) is 2. The number of amides is 1. The van der Waals surface area contributed by atoms with E-state index < -0.39 is 10.0 Å². The minimum Gasteiger partial charge on any atom is -0.493 e. The molecule has 0 saturated heterocycles. The average Bonchev–Trinajstić information content (AvgIpc) is 2.73. The van der Waals surface area contributed by atoms with Crippen LogP contribution < -0.4 is 20.1 Å². The molecule has 8 nitrogen and oxygen atoms in total. The molecule has 0 radical (unpaired) electrons. The number of rotatable bonds is 9. The van der Waals surface area contributed by atoms with Crippen LogP contribution in [-0.4, -0.2) is 40.9 Å². The zero-order valence-electron chi connectivity index (χ0n) is 17.8. The molecule has 3 rings (SSSR count). The van der Waals surface area contributed by atoms with Gasteiger partial charge in [0.15, 0.2) is 11.5 Å². The van der Waals surface area contributed by atoms with Gasteiger partial charge in [-0.3, -0.25) is 4.79 Å². The summed E-state index contributed by atoms with van der Waals surface area (Å²) in [6.07, 6.45) is 1.29. The lowest BCUT2D eigenvalue weighted by Gasteiger charge is -2.20. The molecular weight excluding hydrogens is 418 g/mol. The Hall–Kier alpha value is -3.07. The minimum atomic E-state index is -3.72. The molecular formula is C22H27N3O5S. The molecule has 1 aliphatic heterocycles. The van der Waals surface area contributed by atoms with Gasteiger partial charge in [0.05, 0.1) is 19.9 Å². The van der Waals surface area contributed by atoms with E-state index in [4.69, 9.17) is 9.47 Å². The number of amidine groups is 1. The number of sulfonamides is 1. The SMILES string of the molecule is COc1ccc(CCNC(=O)CC(C)CC2=NS(=O)(=O)c3ccccc3N2)cc1OC. The topological polar surface area (TPSA) is 106 Å². The summed E-state index contributed by atoms with van der Waals surface area (Å²) in [7, 11) is -0.547. The standard InChI is InChI=1S/C22H27N3O5S/c1-15(12-21-24-17-6-4-5-7-20(17)31(27,28)25-21)13-22(26)23-11-10-16-8-9-18(29-2)19(14-16)30-3/h4-9,14-15H,10-13H2,1-3H3,(H,23,26)(H,24,25). The molecule has 1 heterocycles. The maximum atomic E-state index is 12.3. The Kier molecular flexibility index (Phi) is 7.17. The van der Waals surface area contributed by atoms with E-state index >= 15 is 0 Å². The Morgan fingerprint density at radius 3 is 2.61 bits per heavy atom. The third kappa shape index (κ3) is 5.75. The Morgan fingerprint density at radius 1 is 1.13 bits per heavy atom. The van der Waals surface area contributed by atoms with Crippen LogP contribution in [0.3, 0.4) is 0 Å². The first-order valence-corrected chi connectivity index (χ1v) is 11.4. The first-order chi connectivity index (χ1) is 14.8. The van der Waals surface area contributed by atoms with Crippen molar-refractivity contribution in [2.45, 2.75) is 31.1 Å². The molecule has 31 heavy (non-hydrogen) atoms. The maximum absolute atomic E-state index is 12.3. The molecule has 1 atom stereocenters. The number of fused-ring (bicyclic) bond motifs is 1. The number of hydrogen-bond donors (Lipinski definition) is 2. The lowest BCUT2D eigenvalue weighted by atomic mass is 10.0. The highest BCUT2D eigenvalue weighted by molar-refractivity contribution is 7.90. The molecule has 166 valence electrons. The van der Waals surface area contributed by atoms with Crippen LogP contribution in [0.1, 0.15) is 25.3 Å². The van der Waals surface area contributed by atoms with Crippen molar-refractivity contribution < 1.29 is 22.7 Å². The molecule has 0 bridgehead atoms. The van der Waals surface area contributed by atoms with Gasteiger partial charge in [0.2, 0.25) is 5.91 Å². The van der Waals surface area contributed by atoms with Gasteiger partial charge >= 0.3 is 0 Å². The van der Waals surface area contributed by atoms with Crippen LogP contribution >= 0.6 is 0 Å². The van der Waals surface area contributed by atoms with Crippen molar-refractivity contribution in [1.29, 1.82) is 0 Å². The van der Waals surface area contributed by atoms with Crippen LogP contribution in [-0.2, 0) is 21.2 Å². The number of ether oxygens (including phenoxy) is 2. The monoisotopic (exact) mass is 445 g/mol. The van der Waals surface area contributed by atoms with Gasteiger partial charge in [-0.1, -0.05) is 25.1 Å². The lowest BCUT2D eigenvalue weighted by Crippen LogP contribution is -2.29. The van der Waals surface area contributed by atoms with Crippen molar-refractivity contribution >= 4 is 27.5 Å². The normalized spacial score (nSPS) is 15.1. The molecule has 9 heteroatoms. The van der Waals surface area contributed by atoms with Crippen LogP contribution in [0, 0.1) is 5.92 Å². The van der Waals surface area contributed by atoms with Crippen LogP contribution in [0.25, 0.3) is 0 Å². The van der Waals surface area contributed by atoms with E-state index in [0.29, 0.717) is 42.4 Å². The maximum Gasteiger partial charge on any atom is 0.286 e. The number of nitrogens with zero attached hydrogens (tertiary/aromatic N) is 1. The van der Waals surface area contributed by atoms with E-state index in [1.54, 1.807) is 32.4 Å². The second-order valence-corrected chi connectivity index (χ2v) is 9.01. The van der Waals surface area contributed by atoms with Gasteiger partial charge in [0.25, 0.3) is 10.0 Å². The summed E-state index contributed by atoms with van der Waals surface area (Å²) >= 11 is 0. The number of anilines is 1. The Bertz CT molecular complexity index is 1080. The van der Waals surface area contributed by atoms with Crippen LogP contribution in [0.4, 0.5) is 5.69 Å². The molecule has 0 fully saturated rings. The van der Waals surface area contributed by atoms with Gasteiger partial charge in [-0.15, -0.1) is 4.40 Å². The third-order valence-electron chi connectivity index (χ3n) is 4.93. The zero-order chi connectivity index (χ0) is 22.4. The summed E-state index contributed by atoms with van der Waals surface area (Å²) in [6, 6.07) is 12.3. The number of carbonyl (C=O) groups excluding carboxylic acids is 1. The lowest BCUT2D eigenvalue weighted by molar-refractivity contribution is -0.121. The Labute approximate surface area is 182 Å². The number of benzene rings is 2. The summed E-state index contributed by atoms with van der Waals surface area (Å²) in [4.78, 5) is 12.5. The van der Waals surface area contributed by atoms with Crippen molar-refractivity contribution in [3.8, 4) is 11.5 Å². The molecule has 2 aromatic rings. The predicted molar refractivity (Wildman–Crippen MR) is 119 cm³/mol. The van der Waals surface area contributed by atoms with Gasteiger partial charge in [-0.25, -0.2) is 0 Å². The Balaban J connectivity index is 1.49. The zero-order valence-corrected chi connectivity index (χ0v) is 18.7. The first-order valence-electron chi connectivity index (χ1n) is 10.00. The van der Waals surface area contributed by atoms with E-state index in [-0.39, 0.29) is 23.1 Å². The third-order valence-corrected chi connectivity index (χ3v) is 6.31. The van der Waals surface area contributed by atoms with E-state index in [2.05, 4.69) is 15.0 Å². The van der Waals surface area contributed by atoms with Crippen LogP contribution in [0.2, 0.25) is 0 Å². The number of methoxy groups -OCH3 is 2. The van der Waals surface area contributed by atoms with Gasteiger partial charge in [-0.05, 0) is 42.2 Å². The molecule has 0 aliphatic carbocycles. The van der Waals surface area contributed by atoms with Crippen molar-refractivity contribution in [3.63, 3.8) is 0 Å². The summed E-state index contributed by atoms with van der Waals surface area (Å²) in [6.45, 7) is 2.38. The molecule has 2 N–H and O–H groups in total. The number of hydrogen-bond acceptors (Lipinski definition) is 6. The van der Waals surface area contributed by atoms with E-state index in [1.807, 2.05) is 25.1 Å². The fraction of sp³-hybridized carbons (Fsp3) is 0.364. The second-order valence-electron chi connectivity index (χ2n) is 7.44. The largest absolute Gasteiger partial charge is 0.493 e. The van der Waals surface area contributed by atoms with Crippen molar-refractivity contribution in [2.24, 2.45) is 10.3 Å². The molecule has 1 amide bonds. The second kappa shape index (κ2) is 9.82. The molecule has 0 aromatic heterocycles. The highest BCUT2D eigenvalue weighted by Crippen LogP contribution is 2.29. The quantitative estimate of drug-likeness (QED) is 0.615. The predicted octanol–water partition coefficient (Wildman–Crippen LogP) is 2.99. The smallest absolute Gasteiger partial charge is 0.286 e. The molecule has 1 unspecified atom stereocenters. The number of carbonyl (C=O) groups is 1. The van der Waals surface area contributed by atoms with E-state index in [9.17, 15) is 13.2 Å². The van der Waals surface area contributed by atoms with Gasteiger partial charge in [0.1, 0.15) is 10.7 Å². The van der Waals surface area contributed by atoms with Crippen molar-refractivity contribution in [1.82, 2.24) is 5.32 Å². The first kappa shape index (κ1) is 22.6. The molecule has 1 aliphatic rings. The van der Waals surface area contributed by atoms with Gasteiger partial charge < -0.3 is 20.1 Å². The minimum absolute atomic E-state index is 0.0761. The molecule has 0 saturated carbocycles. The molecule has 2 aromatic carbocycles. The highest BCUT2D eigenvalue weighted by atomic mass is 32.2. The fourth-order valence-corrected chi connectivity index (χ4v) is 4.59. The summed E-state index contributed by atoms with van der Waals surface area (Å²) in [5.74, 6) is 1.50. The van der Waals surface area contributed by atoms with Crippen LogP contribution in [0.5, 0.6) is 11.5 Å².